The summed E-state index contributed by atoms with van der Waals surface area (Å²) in [6.07, 6.45) is 19.1. The summed E-state index contributed by atoms with van der Waals surface area (Å²) in [6.45, 7) is 6.60. The van der Waals surface area contributed by atoms with Crippen LogP contribution in [0.25, 0.3) is 0 Å². The van der Waals surface area contributed by atoms with Crippen LogP contribution < -0.4 is 16.0 Å². The zero-order valence-electron chi connectivity index (χ0n) is 19.9. The lowest BCUT2D eigenvalue weighted by Crippen LogP contribution is -2.42. The largest absolute Gasteiger partial charge is 0.353 e. The molecule has 0 aromatic rings. The predicted molar refractivity (Wildman–Crippen MR) is 130 cm³/mol. The highest BCUT2D eigenvalue weighted by atomic mass is 16.2. The first-order valence-corrected chi connectivity index (χ1v) is 13.0. The Bertz CT molecular complexity index is 902. The molecule has 0 aliphatic carbocycles. The minimum atomic E-state index is 0.0117. The third-order valence-electron chi connectivity index (χ3n) is 8.95. The normalized spacial score (nSPS) is 36.8. The Morgan fingerprint density at radius 2 is 2.15 bits per heavy atom. The standard InChI is InChI=1S/C26H38N6O/c1-30-21(9-13-28-20-7-11-27-12-8-20)16-31-24(5-2-6-25(30)31)26(33)29-10-3-4-22-14-19-15-23-18-32(22,23)17-19/h2-6,16,19-20,22-23,25,27-28H,7-15,17-18H2,1H3/p+1/b4-3+. The highest BCUT2D eigenvalue weighted by Gasteiger charge is 2.69. The van der Waals surface area contributed by atoms with Crippen LogP contribution in [0.4, 0.5) is 0 Å². The minimum absolute atomic E-state index is 0.0117. The molecule has 7 heteroatoms. The molecule has 0 aromatic carbocycles. The summed E-state index contributed by atoms with van der Waals surface area (Å²) >= 11 is 0. The van der Waals surface area contributed by atoms with Crippen molar-refractivity contribution in [1.82, 2.24) is 25.8 Å². The molecule has 0 radical (unpaired) electrons. The Morgan fingerprint density at radius 1 is 1.27 bits per heavy atom. The average molecular weight is 452 g/mol. The molecule has 178 valence electrons. The van der Waals surface area contributed by atoms with Gasteiger partial charge in [-0.15, -0.1) is 0 Å². The van der Waals surface area contributed by atoms with Crippen molar-refractivity contribution >= 4 is 5.91 Å². The van der Waals surface area contributed by atoms with E-state index < -0.39 is 0 Å². The number of hydrogen-bond acceptors (Lipinski definition) is 5. The fourth-order valence-electron chi connectivity index (χ4n) is 7.09. The SMILES string of the molecule is CN1C(CCNC2CCNCC2)=CN2C(C(=O)NC/C=C/C3CC4CC5C[N+]35C4)=CC=CC12. The summed E-state index contributed by atoms with van der Waals surface area (Å²) in [5.74, 6) is 0.963. The van der Waals surface area contributed by atoms with Gasteiger partial charge >= 0.3 is 0 Å². The predicted octanol–water partition coefficient (Wildman–Crippen LogP) is 1.25. The maximum atomic E-state index is 13.0. The first-order chi connectivity index (χ1) is 16.1. The van der Waals surface area contributed by atoms with Gasteiger partial charge in [0, 0.05) is 63.3 Å². The van der Waals surface area contributed by atoms with Crippen LogP contribution in [0.15, 0.2) is 48.0 Å². The van der Waals surface area contributed by atoms with E-state index in [0.717, 1.165) is 43.7 Å². The van der Waals surface area contributed by atoms with Gasteiger partial charge in [0.05, 0.1) is 6.54 Å². The van der Waals surface area contributed by atoms with Gasteiger partial charge in [-0.3, -0.25) is 4.79 Å². The van der Waals surface area contributed by atoms with Crippen molar-refractivity contribution in [3.05, 3.63) is 48.0 Å². The lowest BCUT2D eigenvalue weighted by Gasteiger charge is -2.32. The van der Waals surface area contributed by atoms with E-state index in [4.69, 9.17) is 0 Å². The summed E-state index contributed by atoms with van der Waals surface area (Å²) in [6, 6.07) is 2.27. The fourth-order valence-corrected chi connectivity index (χ4v) is 7.09. The Labute approximate surface area is 197 Å². The van der Waals surface area contributed by atoms with Crippen LogP contribution in [-0.2, 0) is 4.79 Å². The molecule has 1 amide bonds. The summed E-state index contributed by atoms with van der Waals surface area (Å²) in [5.41, 5.74) is 2.01. The molecule has 5 atom stereocenters. The number of piperidine rings is 3. The van der Waals surface area contributed by atoms with E-state index >= 15 is 0 Å². The summed E-state index contributed by atoms with van der Waals surface area (Å²) in [5, 5.41) is 10.3. The Balaban J connectivity index is 1.01. The molecule has 6 heterocycles. The minimum Gasteiger partial charge on any atom is -0.353 e. The number of amides is 1. The third-order valence-corrected chi connectivity index (χ3v) is 8.95. The number of nitrogens with zero attached hydrogens (tertiary/aromatic N) is 3. The van der Waals surface area contributed by atoms with Crippen LogP contribution >= 0.6 is 0 Å². The van der Waals surface area contributed by atoms with E-state index in [0.29, 0.717) is 18.6 Å². The van der Waals surface area contributed by atoms with Crippen LogP contribution in [0.1, 0.15) is 32.1 Å². The molecular weight excluding hydrogens is 412 g/mol. The molecule has 7 nitrogen and oxygen atoms in total. The molecule has 0 saturated carbocycles. The smallest absolute Gasteiger partial charge is 0.268 e. The van der Waals surface area contributed by atoms with Crippen molar-refractivity contribution in [1.29, 1.82) is 0 Å². The number of quaternary nitrogens is 1. The molecule has 6 aliphatic rings. The number of nitrogens with one attached hydrogen (secondary N) is 3. The van der Waals surface area contributed by atoms with Crippen molar-refractivity contribution in [3.63, 3.8) is 0 Å². The molecule has 2 bridgehead atoms. The van der Waals surface area contributed by atoms with Gasteiger partial charge in [-0.1, -0.05) is 12.2 Å². The second-order valence-electron chi connectivity index (χ2n) is 10.9. The Morgan fingerprint density at radius 3 is 2.97 bits per heavy atom. The second kappa shape index (κ2) is 8.60. The molecule has 5 unspecified atom stereocenters. The number of hydrogen-bond donors (Lipinski definition) is 3. The van der Waals surface area contributed by atoms with E-state index in [9.17, 15) is 4.79 Å². The van der Waals surface area contributed by atoms with Gasteiger partial charge < -0.3 is 30.2 Å². The van der Waals surface area contributed by atoms with Crippen molar-refractivity contribution < 1.29 is 9.28 Å². The number of carbonyl (C=O) groups excluding carboxylic acids is 1. The van der Waals surface area contributed by atoms with Gasteiger partial charge in [0.1, 0.15) is 30.5 Å². The highest BCUT2D eigenvalue weighted by Crippen LogP contribution is 2.55. The average Bonchev–Trinajstić information content (AvgIpc) is 3.10. The lowest BCUT2D eigenvalue weighted by molar-refractivity contribution is -0.812. The first kappa shape index (κ1) is 21.4. The maximum absolute atomic E-state index is 13.0. The van der Waals surface area contributed by atoms with E-state index in [1.54, 1.807) is 0 Å². The van der Waals surface area contributed by atoms with Crippen molar-refractivity contribution in [2.45, 2.75) is 56.4 Å². The first-order valence-electron chi connectivity index (χ1n) is 13.0. The molecule has 1 spiro atoms. The molecule has 0 aromatic heterocycles. The zero-order valence-corrected chi connectivity index (χ0v) is 19.9. The van der Waals surface area contributed by atoms with Gasteiger partial charge in [-0.2, -0.15) is 0 Å². The van der Waals surface area contributed by atoms with Crippen molar-refractivity contribution in [2.24, 2.45) is 5.92 Å². The van der Waals surface area contributed by atoms with Gasteiger partial charge in [-0.25, -0.2) is 0 Å². The number of likely N-dealkylation sites (N-methyl/N-ethyl adjacent to an activating group) is 1. The number of allylic oxidation sites excluding steroid dienone is 2. The lowest BCUT2D eigenvalue weighted by atomic mass is 9.99. The molecule has 33 heavy (non-hydrogen) atoms. The Hall–Kier alpha value is -2.09. The fraction of sp³-hybridized carbons (Fsp3) is 0.654. The summed E-state index contributed by atoms with van der Waals surface area (Å²) in [4.78, 5) is 17.4. The van der Waals surface area contributed by atoms with Gasteiger partial charge in [0.15, 0.2) is 0 Å². The molecule has 4 saturated heterocycles. The van der Waals surface area contributed by atoms with Crippen molar-refractivity contribution in [3.8, 4) is 0 Å². The van der Waals surface area contributed by atoms with E-state index in [1.165, 1.54) is 49.0 Å². The molecule has 3 N–H and O–H groups in total. The van der Waals surface area contributed by atoms with E-state index in [2.05, 4.69) is 57.2 Å². The number of rotatable bonds is 8. The maximum Gasteiger partial charge on any atom is 0.268 e. The van der Waals surface area contributed by atoms with Crippen LogP contribution in [0.5, 0.6) is 0 Å². The van der Waals surface area contributed by atoms with Crippen LogP contribution in [-0.4, -0.2) is 90.8 Å². The van der Waals surface area contributed by atoms with Gasteiger partial charge in [0.25, 0.3) is 5.91 Å². The van der Waals surface area contributed by atoms with Gasteiger partial charge in [-0.05, 0) is 44.2 Å². The summed E-state index contributed by atoms with van der Waals surface area (Å²) < 4.78 is 1.35. The monoisotopic (exact) mass is 451 g/mol. The van der Waals surface area contributed by atoms with E-state index in [1.807, 2.05) is 12.2 Å². The highest BCUT2D eigenvalue weighted by molar-refractivity contribution is 5.93. The molecule has 6 rings (SSSR count). The van der Waals surface area contributed by atoms with Crippen LogP contribution in [0.2, 0.25) is 0 Å². The Kier molecular flexibility index (Phi) is 5.59. The van der Waals surface area contributed by atoms with Crippen LogP contribution in [0, 0.1) is 5.92 Å². The van der Waals surface area contributed by atoms with Gasteiger partial charge in [0.2, 0.25) is 0 Å². The topological polar surface area (TPSA) is 59.6 Å². The zero-order chi connectivity index (χ0) is 22.4. The number of carbonyl (C=O) groups is 1. The molecule has 6 aliphatic heterocycles. The second-order valence-corrected chi connectivity index (χ2v) is 10.9. The van der Waals surface area contributed by atoms with E-state index in [-0.39, 0.29) is 12.1 Å². The molecular formula is C26H39N6O+. The summed E-state index contributed by atoms with van der Waals surface area (Å²) in [7, 11) is 2.13. The van der Waals surface area contributed by atoms with Crippen LogP contribution in [0.3, 0.4) is 0 Å². The van der Waals surface area contributed by atoms with Crippen molar-refractivity contribution in [2.75, 3.05) is 46.3 Å². The quantitative estimate of drug-likeness (QED) is 0.295. The number of fused-ring (bicyclic) bond motifs is 2. The third kappa shape index (κ3) is 3.94. The molecule has 4 fully saturated rings.